The van der Waals surface area contributed by atoms with Gasteiger partial charge in [0.2, 0.25) is 5.91 Å². The molecule has 2 amide bonds. The molecule has 2 N–H and O–H groups in total. The van der Waals surface area contributed by atoms with E-state index in [4.69, 9.17) is 21.5 Å². The Balaban J connectivity index is 1.73. The lowest BCUT2D eigenvalue weighted by molar-refractivity contribution is -0.129. The Kier molecular flexibility index (Phi) is 10.0. The summed E-state index contributed by atoms with van der Waals surface area (Å²) < 4.78 is 49.0. The average Bonchev–Trinajstić information content (AvgIpc) is 2.89. The Morgan fingerprint density at radius 1 is 1.08 bits per heavy atom. The summed E-state index contributed by atoms with van der Waals surface area (Å²) in [6.45, 7) is -0.635. The van der Waals surface area contributed by atoms with Crippen LogP contribution in [0.2, 0.25) is 5.02 Å². The van der Waals surface area contributed by atoms with Gasteiger partial charge in [0, 0.05) is 37.6 Å². The van der Waals surface area contributed by atoms with Crippen molar-refractivity contribution in [3.05, 3.63) is 83.1 Å². The van der Waals surface area contributed by atoms with Crippen LogP contribution < -0.4 is 10.2 Å². The molecule has 1 aromatic heterocycles. The molecule has 0 saturated heterocycles. The summed E-state index contributed by atoms with van der Waals surface area (Å²) in [5.74, 6) is -3.95. The highest BCUT2D eigenvalue weighted by Crippen LogP contribution is 2.30. The molecule has 196 valence electrons. The Labute approximate surface area is 219 Å². The molecule has 9 nitrogen and oxygen atoms in total. The van der Waals surface area contributed by atoms with Gasteiger partial charge in [0.05, 0.1) is 17.9 Å². The molecular weight excluding hydrogens is 530 g/mol. The summed E-state index contributed by atoms with van der Waals surface area (Å²) in [4.78, 5) is 29.3. The van der Waals surface area contributed by atoms with E-state index in [-0.39, 0.29) is 36.1 Å². The maximum atomic E-state index is 14.7. The van der Waals surface area contributed by atoms with Crippen molar-refractivity contribution in [2.75, 3.05) is 26.7 Å². The van der Waals surface area contributed by atoms with Gasteiger partial charge in [-0.2, -0.15) is 0 Å². The predicted molar refractivity (Wildman–Crippen MR) is 131 cm³/mol. The van der Waals surface area contributed by atoms with E-state index in [9.17, 15) is 22.6 Å². The van der Waals surface area contributed by atoms with Gasteiger partial charge in [-0.3, -0.25) is 19.8 Å². The molecular formula is C24H23ClF2N4O5S. The van der Waals surface area contributed by atoms with E-state index < -0.39 is 40.8 Å². The van der Waals surface area contributed by atoms with Crippen molar-refractivity contribution in [2.24, 2.45) is 0 Å². The summed E-state index contributed by atoms with van der Waals surface area (Å²) in [6.07, 6.45) is 3.22. The van der Waals surface area contributed by atoms with Crippen molar-refractivity contribution < 1.29 is 32.5 Å². The zero-order valence-electron chi connectivity index (χ0n) is 19.6. The summed E-state index contributed by atoms with van der Waals surface area (Å²) in [5.41, 5.74) is 2.18. The number of benzene rings is 2. The number of aromatic nitrogens is 1. The fourth-order valence-corrected chi connectivity index (χ4v) is 4.43. The van der Waals surface area contributed by atoms with Gasteiger partial charge < -0.3 is 9.64 Å². The minimum Gasteiger partial charge on any atom is -0.451 e. The number of hydrogen-bond donors (Lipinski definition) is 2. The molecule has 1 atom stereocenters. The van der Waals surface area contributed by atoms with Crippen LogP contribution in [0.15, 0.2) is 65.8 Å². The number of halogens is 3. The van der Waals surface area contributed by atoms with Crippen LogP contribution >= 0.6 is 11.6 Å². The normalized spacial score (nSPS) is 11.7. The number of rotatable bonds is 11. The number of carbonyl (C=O) groups excluding carboxylic acids is 2. The molecule has 3 rings (SSSR count). The number of pyridine rings is 1. The van der Waals surface area contributed by atoms with Crippen LogP contribution in [-0.2, 0) is 27.0 Å². The Hall–Kier alpha value is -3.45. The summed E-state index contributed by atoms with van der Waals surface area (Å²) in [6, 6.07) is 10.9. The molecule has 0 aliphatic rings. The van der Waals surface area contributed by atoms with Crippen molar-refractivity contribution >= 4 is 34.4 Å². The molecule has 37 heavy (non-hydrogen) atoms. The van der Waals surface area contributed by atoms with Gasteiger partial charge in [0.1, 0.15) is 16.7 Å². The monoisotopic (exact) mass is 552 g/mol. The maximum absolute atomic E-state index is 14.7. The lowest BCUT2D eigenvalue weighted by Gasteiger charge is -2.24. The van der Waals surface area contributed by atoms with Crippen LogP contribution in [0.5, 0.6) is 11.5 Å². The van der Waals surface area contributed by atoms with Crippen LogP contribution in [-0.4, -0.2) is 62.1 Å². The first-order valence-corrected chi connectivity index (χ1v) is 12.3. The minimum atomic E-state index is -2.23. The standard InChI is InChI=1S/C24H23ClF2N4O5S/c1-30(23(33)12-16-6-8-28-9-7-16)10-11-31(15-22(32)29-34)37(35)19-13-20(26)24(21(27)14-19)36-18-4-2-17(25)3-5-18/h2-9,13-14,34H,10-12,15H2,1H3,(H,29,32). The number of carbonyl (C=O) groups is 2. The van der Waals surface area contributed by atoms with E-state index in [0.29, 0.717) is 5.02 Å². The van der Waals surface area contributed by atoms with Crippen LogP contribution in [0.3, 0.4) is 0 Å². The molecule has 1 heterocycles. The quantitative estimate of drug-likeness (QED) is 0.279. The highest BCUT2D eigenvalue weighted by atomic mass is 35.5. The maximum Gasteiger partial charge on any atom is 0.258 e. The van der Waals surface area contributed by atoms with Crippen molar-refractivity contribution in [2.45, 2.75) is 11.3 Å². The van der Waals surface area contributed by atoms with E-state index in [1.165, 1.54) is 41.7 Å². The van der Waals surface area contributed by atoms with Gasteiger partial charge in [-0.15, -0.1) is 0 Å². The predicted octanol–water partition coefficient (Wildman–Crippen LogP) is 3.34. The second-order valence-electron chi connectivity index (χ2n) is 7.77. The number of nitrogens with zero attached hydrogens (tertiary/aromatic N) is 3. The third-order valence-electron chi connectivity index (χ3n) is 5.10. The largest absolute Gasteiger partial charge is 0.451 e. The molecule has 0 saturated carbocycles. The van der Waals surface area contributed by atoms with Gasteiger partial charge >= 0.3 is 0 Å². The number of nitrogens with one attached hydrogen (secondary N) is 1. The number of amides is 2. The van der Waals surface area contributed by atoms with E-state index >= 15 is 0 Å². The second-order valence-corrected chi connectivity index (χ2v) is 9.69. The molecule has 0 bridgehead atoms. The molecule has 0 aliphatic heterocycles. The summed E-state index contributed by atoms with van der Waals surface area (Å²) >= 11 is 5.80. The number of hydrogen-bond acceptors (Lipinski definition) is 6. The summed E-state index contributed by atoms with van der Waals surface area (Å²) in [7, 11) is -0.700. The minimum absolute atomic E-state index is 0.0388. The number of ether oxygens (including phenoxy) is 1. The van der Waals surface area contributed by atoms with Gasteiger partial charge in [-0.1, -0.05) is 11.6 Å². The lowest BCUT2D eigenvalue weighted by Crippen LogP contribution is -2.42. The molecule has 0 radical (unpaired) electrons. The van der Waals surface area contributed by atoms with Crippen molar-refractivity contribution in [3.63, 3.8) is 0 Å². The van der Waals surface area contributed by atoms with Gasteiger partial charge in [0.25, 0.3) is 5.91 Å². The third kappa shape index (κ3) is 8.02. The molecule has 2 aromatic carbocycles. The Bertz CT molecular complexity index is 1240. The van der Waals surface area contributed by atoms with Gasteiger partial charge in [-0.05, 0) is 54.1 Å². The molecule has 1 unspecified atom stereocenters. The third-order valence-corrected chi connectivity index (χ3v) is 6.77. The van der Waals surface area contributed by atoms with Crippen LogP contribution in [0, 0.1) is 11.6 Å². The average molecular weight is 553 g/mol. The highest BCUT2D eigenvalue weighted by molar-refractivity contribution is 7.82. The van der Waals surface area contributed by atoms with Crippen LogP contribution in [0.1, 0.15) is 5.56 Å². The molecule has 0 fully saturated rings. The van der Waals surface area contributed by atoms with Crippen molar-refractivity contribution in [1.82, 2.24) is 19.7 Å². The fourth-order valence-electron chi connectivity index (χ4n) is 3.12. The van der Waals surface area contributed by atoms with Gasteiger partial charge in [0.15, 0.2) is 17.4 Å². The van der Waals surface area contributed by atoms with Crippen LogP contribution in [0.25, 0.3) is 0 Å². The number of likely N-dealkylation sites (N-methyl/N-ethyl adjacent to an activating group) is 1. The first kappa shape index (κ1) is 28.1. The second kappa shape index (κ2) is 13.2. The first-order valence-electron chi connectivity index (χ1n) is 10.8. The molecule has 13 heteroatoms. The smallest absolute Gasteiger partial charge is 0.258 e. The van der Waals surface area contributed by atoms with E-state index in [2.05, 4.69) is 4.98 Å². The van der Waals surface area contributed by atoms with E-state index in [0.717, 1.165) is 22.0 Å². The molecule has 0 spiro atoms. The number of hydroxylamine groups is 1. The van der Waals surface area contributed by atoms with Gasteiger partial charge in [-0.25, -0.2) is 22.8 Å². The van der Waals surface area contributed by atoms with E-state index in [1.54, 1.807) is 24.5 Å². The molecule has 3 aromatic rings. The zero-order valence-corrected chi connectivity index (χ0v) is 21.1. The Morgan fingerprint density at radius 2 is 1.70 bits per heavy atom. The molecule has 0 aliphatic carbocycles. The van der Waals surface area contributed by atoms with E-state index in [1.807, 2.05) is 0 Å². The topological polar surface area (TPSA) is 112 Å². The zero-order chi connectivity index (χ0) is 26.9. The fraction of sp³-hybridized carbons (Fsp3) is 0.208. The van der Waals surface area contributed by atoms with Crippen molar-refractivity contribution in [1.29, 1.82) is 0 Å². The summed E-state index contributed by atoms with van der Waals surface area (Å²) in [5, 5.41) is 9.32. The Morgan fingerprint density at radius 3 is 2.30 bits per heavy atom. The SMILES string of the molecule is CN(CCN(CC(=O)NO)S(=O)c1cc(F)c(Oc2ccc(Cl)cc2)c(F)c1)C(=O)Cc1ccncc1. The van der Waals surface area contributed by atoms with Crippen molar-refractivity contribution in [3.8, 4) is 11.5 Å². The first-order chi connectivity index (χ1) is 17.7. The highest BCUT2D eigenvalue weighted by Gasteiger charge is 2.24. The van der Waals surface area contributed by atoms with Crippen LogP contribution in [0.4, 0.5) is 8.78 Å². The lowest BCUT2D eigenvalue weighted by atomic mass is 10.2.